The normalized spacial score (nSPS) is 19.9. The second kappa shape index (κ2) is 5.83. The van der Waals surface area contributed by atoms with Crippen molar-refractivity contribution in [2.45, 2.75) is 43.4 Å². The lowest BCUT2D eigenvalue weighted by atomic mass is 9.77. The number of thioether (sulfide) groups is 1. The fourth-order valence-corrected chi connectivity index (χ4v) is 5.30. The average Bonchev–Trinajstić information content (AvgIpc) is 2.74. The van der Waals surface area contributed by atoms with Gasteiger partial charge in [0.2, 0.25) is 0 Å². The van der Waals surface area contributed by atoms with Crippen LogP contribution in [0, 0.1) is 12.3 Å². The van der Waals surface area contributed by atoms with Gasteiger partial charge in [-0.05, 0) is 25.2 Å². The molecule has 0 N–H and O–H groups in total. The maximum Gasteiger partial charge on any atom is 0.174 e. The fourth-order valence-electron chi connectivity index (χ4n) is 2.17. The van der Waals surface area contributed by atoms with Gasteiger partial charge in [-0.15, -0.1) is 10.2 Å². The smallest absolute Gasteiger partial charge is 0.143 e. The predicted octanol–water partition coefficient (Wildman–Crippen LogP) is 4.28. The monoisotopic (exact) mass is 320 g/mol. The van der Waals surface area contributed by atoms with Crippen molar-refractivity contribution in [3.63, 3.8) is 0 Å². The zero-order valence-electron chi connectivity index (χ0n) is 9.54. The molecule has 16 heavy (non-hydrogen) atoms. The molecule has 0 spiro atoms. The Labute approximate surface area is 114 Å². The molecule has 1 aromatic rings. The molecule has 2 nitrogen and oxygen atoms in total. The van der Waals surface area contributed by atoms with Gasteiger partial charge in [0.1, 0.15) is 5.01 Å². The van der Waals surface area contributed by atoms with Crippen LogP contribution in [0.25, 0.3) is 0 Å². The van der Waals surface area contributed by atoms with Gasteiger partial charge < -0.3 is 0 Å². The van der Waals surface area contributed by atoms with E-state index in [4.69, 9.17) is 0 Å². The number of halogens is 1. The summed E-state index contributed by atoms with van der Waals surface area (Å²) in [6, 6.07) is 0. The number of rotatable bonds is 4. The van der Waals surface area contributed by atoms with E-state index in [9.17, 15) is 0 Å². The summed E-state index contributed by atoms with van der Waals surface area (Å²) in [5.74, 6) is 1.19. The fraction of sp³-hybridized carbons (Fsp3) is 0.818. The zero-order chi connectivity index (χ0) is 11.4. The van der Waals surface area contributed by atoms with Gasteiger partial charge in [-0.3, -0.25) is 0 Å². The molecule has 0 atom stereocenters. The summed E-state index contributed by atoms with van der Waals surface area (Å²) in [5.41, 5.74) is 0.502. The van der Waals surface area contributed by atoms with Crippen molar-refractivity contribution in [2.24, 2.45) is 5.41 Å². The molecule has 5 heteroatoms. The van der Waals surface area contributed by atoms with Crippen molar-refractivity contribution in [1.29, 1.82) is 0 Å². The first-order valence-corrected chi connectivity index (χ1v) is 8.65. The quantitative estimate of drug-likeness (QED) is 0.611. The van der Waals surface area contributed by atoms with Crippen molar-refractivity contribution in [3.05, 3.63) is 5.01 Å². The van der Waals surface area contributed by atoms with Gasteiger partial charge in [0.05, 0.1) is 0 Å². The third kappa shape index (κ3) is 3.20. The Morgan fingerprint density at radius 1 is 1.31 bits per heavy atom. The van der Waals surface area contributed by atoms with Gasteiger partial charge >= 0.3 is 0 Å². The third-order valence-electron chi connectivity index (χ3n) is 3.21. The lowest BCUT2D eigenvalue weighted by molar-refractivity contribution is 0.260. The molecule has 90 valence electrons. The number of aryl methyl sites for hydroxylation is 1. The highest BCUT2D eigenvalue weighted by molar-refractivity contribution is 9.09. The number of nitrogens with zero attached hydrogens (tertiary/aromatic N) is 2. The van der Waals surface area contributed by atoms with Crippen LogP contribution in [-0.4, -0.2) is 21.3 Å². The van der Waals surface area contributed by atoms with E-state index in [0.717, 1.165) is 14.7 Å². The van der Waals surface area contributed by atoms with E-state index < -0.39 is 0 Å². The average molecular weight is 321 g/mol. The Bertz CT molecular complexity index is 334. The molecule has 0 amide bonds. The summed E-state index contributed by atoms with van der Waals surface area (Å²) in [4.78, 5) is 0. The van der Waals surface area contributed by atoms with Crippen LogP contribution in [0.3, 0.4) is 0 Å². The Morgan fingerprint density at radius 2 is 2.06 bits per heavy atom. The highest BCUT2D eigenvalue weighted by atomic mass is 79.9. The number of hydrogen-bond donors (Lipinski definition) is 0. The molecule has 0 bridgehead atoms. The van der Waals surface area contributed by atoms with Crippen LogP contribution in [0.4, 0.5) is 0 Å². The van der Waals surface area contributed by atoms with Crippen molar-refractivity contribution in [3.8, 4) is 0 Å². The maximum absolute atomic E-state index is 4.18. The van der Waals surface area contributed by atoms with Crippen LogP contribution < -0.4 is 0 Å². The van der Waals surface area contributed by atoms with Gasteiger partial charge in [0.15, 0.2) is 4.34 Å². The SMILES string of the molecule is Cc1nnc(SCC2(CBr)CCCCC2)s1. The summed E-state index contributed by atoms with van der Waals surface area (Å²) >= 11 is 7.30. The molecule has 1 aliphatic carbocycles. The zero-order valence-corrected chi connectivity index (χ0v) is 12.8. The minimum absolute atomic E-state index is 0.502. The Hall–Kier alpha value is 0.390. The number of alkyl halides is 1. The van der Waals surface area contributed by atoms with E-state index in [1.807, 2.05) is 18.7 Å². The first-order valence-electron chi connectivity index (χ1n) is 5.73. The Morgan fingerprint density at radius 3 is 2.62 bits per heavy atom. The first kappa shape index (κ1) is 12.8. The van der Waals surface area contributed by atoms with E-state index in [0.29, 0.717) is 5.41 Å². The molecule has 0 saturated heterocycles. The van der Waals surface area contributed by atoms with Crippen molar-refractivity contribution in [2.75, 3.05) is 11.1 Å². The molecule has 1 aromatic heterocycles. The van der Waals surface area contributed by atoms with Gasteiger partial charge in [-0.25, -0.2) is 0 Å². The Kier molecular flexibility index (Phi) is 4.67. The van der Waals surface area contributed by atoms with Gasteiger partial charge in [0.25, 0.3) is 0 Å². The van der Waals surface area contributed by atoms with Gasteiger partial charge in [0, 0.05) is 11.1 Å². The van der Waals surface area contributed by atoms with Gasteiger partial charge in [-0.2, -0.15) is 0 Å². The molecule has 1 fully saturated rings. The van der Waals surface area contributed by atoms with Crippen molar-refractivity contribution in [1.82, 2.24) is 10.2 Å². The topological polar surface area (TPSA) is 25.8 Å². The van der Waals surface area contributed by atoms with Crippen LogP contribution in [-0.2, 0) is 0 Å². The number of hydrogen-bond acceptors (Lipinski definition) is 4. The number of aromatic nitrogens is 2. The first-order chi connectivity index (χ1) is 7.74. The lowest BCUT2D eigenvalue weighted by Crippen LogP contribution is -2.28. The molecule has 0 unspecified atom stereocenters. The third-order valence-corrected chi connectivity index (χ3v) is 6.72. The second-order valence-electron chi connectivity index (χ2n) is 4.57. The Balaban J connectivity index is 1.91. The standard InChI is InChI=1S/C11H17BrN2S2/c1-9-13-14-10(16-9)15-8-11(7-12)5-3-2-4-6-11/h2-8H2,1H3. The summed E-state index contributed by atoms with van der Waals surface area (Å²) in [6.45, 7) is 2.02. The molecule has 0 aromatic carbocycles. The minimum atomic E-state index is 0.502. The molecule has 0 aliphatic heterocycles. The summed E-state index contributed by atoms with van der Waals surface area (Å²) in [5, 5.41) is 10.4. The van der Waals surface area contributed by atoms with Crippen LogP contribution >= 0.6 is 39.0 Å². The summed E-state index contributed by atoms with van der Waals surface area (Å²) in [7, 11) is 0. The van der Waals surface area contributed by atoms with Crippen LogP contribution in [0.1, 0.15) is 37.1 Å². The van der Waals surface area contributed by atoms with E-state index in [1.54, 1.807) is 11.3 Å². The van der Waals surface area contributed by atoms with E-state index in [1.165, 1.54) is 37.9 Å². The maximum atomic E-state index is 4.18. The largest absolute Gasteiger partial charge is 0.174 e. The lowest BCUT2D eigenvalue weighted by Gasteiger charge is -2.35. The van der Waals surface area contributed by atoms with Crippen LogP contribution in [0.2, 0.25) is 0 Å². The summed E-state index contributed by atoms with van der Waals surface area (Å²) in [6.07, 6.45) is 6.92. The van der Waals surface area contributed by atoms with Crippen molar-refractivity contribution >= 4 is 39.0 Å². The van der Waals surface area contributed by atoms with Crippen molar-refractivity contribution < 1.29 is 0 Å². The minimum Gasteiger partial charge on any atom is -0.143 e. The molecule has 1 aliphatic rings. The molecule has 1 heterocycles. The molecule has 0 radical (unpaired) electrons. The molecule has 1 saturated carbocycles. The van der Waals surface area contributed by atoms with E-state index >= 15 is 0 Å². The van der Waals surface area contributed by atoms with E-state index in [-0.39, 0.29) is 0 Å². The molecular formula is C11H17BrN2S2. The molecular weight excluding hydrogens is 304 g/mol. The second-order valence-corrected chi connectivity index (χ2v) is 7.53. The highest BCUT2D eigenvalue weighted by Gasteiger charge is 2.31. The predicted molar refractivity (Wildman–Crippen MR) is 74.7 cm³/mol. The van der Waals surface area contributed by atoms with Crippen LogP contribution in [0.15, 0.2) is 4.34 Å². The van der Waals surface area contributed by atoms with Gasteiger partial charge in [-0.1, -0.05) is 58.3 Å². The summed E-state index contributed by atoms with van der Waals surface area (Å²) < 4.78 is 1.13. The van der Waals surface area contributed by atoms with Crippen LogP contribution in [0.5, 0.6) is 0 Å². The van der Waals surface area contributed by atoms with E-state index in [2.05, 4.69) is 26.1 Å². The highest BCUT2D eigenvalue weighted by Crippen LogP contribution is 2.42. The molecule has 2 rings (SSSR count).